The molecule has 8 heavy (non-hydrogen) atoms. The highest BCUT2D eigenvalue weighted by atomic mass is 31.2. The molecule has 0 amide bonds. The predicted octanol–water partition coefficient (Wildman–Crippen LogP) is 1.12. The Balaban J connectivity index is 3.07. The quantitative estimate of drug-likeness (QED) is 0.589. The van der Waals surface area contributed by atoms with Crippen molar-refractivity contribution in [2.75, 3.05) is 20.8 Å². The van der Waals surface area contributed by atoms with E-state index in [2.05, 4.69) is 5.09 Å². The second kappa shape index (κ2) is 5.45. The largest absolute Gasteiger partial charge is 0.325 e. The lowest BCUT2D eigenvalue weighted by Crippen LogP contribution is -2.06. The molecular weight excluding hydrogens is 125 g/mol. The highest BCUT2D eigenvalue weighted by Gasteiger charge is 2.00. The maximum Gasteiger partial charge on any atom is 0.255 e. The monoisotopic (exact) mass is 137 g/mol. The summed E-state index contributed by atoms with van der Waals surface area (Å²) in [7, 11) is 2.44. The Bertz CT molecular complexity index is 49.3. The molecule has 0 saturated carbocycles. The van der Waals surface area contributed by atoms with E-state index in [0.717, 1.165) is 6.54 Å². The molecule has 0 saturated heterocycles. The highest BCUT2D eigenvalue weighted by Crippen LogP contribution is 2.29. The van der Waals surface area contributed by atoms with Crippen LogP contribution in [0.1, 0.15) is 6.92 Å². The van der Waals surface area contributed by atoms with Gasteiger partial charge in [-0.1, -0.05) is 6.92 Å². The van der Waals surface area contributed by atoms with Gasteiger partial charge in [-0.3, -0.25) is 5.09 Å². The van der Waals surface area contributed by atoms with Gasteiger partial charge in [-0.05, 0) is 0 Å². The third kappa shape index (κ3) is 3.33. The van der Waals surface area contributed by atoms with E-state index in [1.807, 2.05) is 6.92 Å². The fourth-order valence-electron chi connectivity index (χ4n) is 0.333. The zero-order chi connectivity index (χ0) is 6.41. The zero-order valence-corrected chi connectivity index (χ0v) is 6.37. The van der Waals surface area contributed by atoms with Gasteiger partial charge < -0.3 is 9.05 Å². The Hall–Kier alpha value is 0.310. The Kier molecular flexibility index (Phi) is 5.66. The third-order valence-electron chi connectivity index (χ3n) is 0.619. The first-order chi connectivity index (χ1) is 3.85. The van der Waals surface area contributed by atoms with Gasteiger partial charge in [-0.15, -0.1) is 0 Å². The van der Waals surface area contributed by atoms with E-state index >= 15 is 0 Å². The molecule has 0 aliphatic rings. The van der Waals surface area contributed by atoms with Gasteiger partial charge >= 0.3 is 0 Å². The summed E-state index contributed by atoms with van der Waals surface area (Å²) in [6.45, 7) is 2.89. The van der Waals surface area contributed by atoms with E-state index in [4.69, 9.17) is 9.05 Å². The Morgan fingerprint density at radius 1 is 1.38 bits per heavy atom. The van der Waals surface area contributed by atoms with Crippen LogP contribution in [0.2, 0.25) is 0 Å². The lowest BCUT2D eigenvalue weighted by atomic mass is 10.8. The van der Waals surface area contributed by atoms with E-state index in [0.29, 0.717) is 0 Å². The van der Waals surface area contributed by atoms with Crippen LogP contribution >= 0.6 is 8.53 Å². The van der Waals surface area contributed by atoms with E-state index in [-0.39, 0.29) is 0 Å². The molecule has 0 aromatic carbocycles. The molecule has 0 unspecified atom stereocenters. The molecular formula is C4H12NO2P. The smallest absolute Gasteiger partial charge is 0.255 e. The van der Waals surface area contributed by atoms with Crippen molar-refractivity contribution in [2.24, 2.45) is 0 Å². The molecule has 0 fully saturated rings. The summed E-state index contributed by atoms with van der Waals surface area (Å²) >= 11 is 0. The van der Waals surface area contributed by atoms with Gasteiger partial charge in [0.05, 0.1) is 0 Å². The fraction of sp³-hybridized carbons (Fsp3) is 1.00. The first-order valence-corrected chi connectivity index (χ1v) is 3.64. The summed E-state index contributed by atoms with van der Waals surface area (Å²) in [5, 5.41) is 3.00. The van der Waals surface area contributed by atoms with Crippen LogP contribution in [-0.4, -0.2) is 20.8 Å². The summed E-state index contributed by atoms with van der Waals surface area (Å²) in [4.78, 5) is 0. The van der Waals surface area contributed by atoms with Crippen LogP contribution in [0.4, 0.5) is 0 Å². The predicted molar refractivity (Wildman–Crippen MR) is 34.6 cm³/mol. The van der Waals surface area contributed by atoms with Crippen LogP contribution in [0, 0.1) is 0 Å². The number of hydrogen-bond donors (Lipinski definition) is 1. The van der Waals surface area contributed by atoms with Gasteiger partial charge in [0, 0.05) is 20.8 Å². The molecule has 0 heterocycles. The average Bonchev–Trinajstić information content (AvgIpc) is 1.83. The second-order valence-electron chi connectivity index (χ2n) is 1.13. The maximum absolute atomic E-state index is 4.87. The first-order valence-electron chi connectivity index (χ1n) is 2.47. The average molecular weight is 137 g/mol. The normalized spacial score (nSPS) is 10.5. The van der Waals surface area contributed by atoms with Gasteiger partial charge in [0.15, 0.2) is 0 Å². The Morgan fingerprint density at radius 2 is 1.88 bits per heavy atom. The summed E-state index contributed by atoms with van der Waals surface area (Å²) in [6, 6.07) is 0. The summed E-state index contributed by atoms with van der Waals surface area (Å²) in [5.41, 5.74) is 0. The highest BCUT2D eigenvalue weighted by molar-refractivity contribution is 7.44. The van der Waals surface area contributed by atoms with Gasteiger partial charge in [-0.25, -0.2) is 0 Å². The van der Waals surface area contributed by atoms with Crippen LogP contribution < -0.4 is 5.09 Å². The maximum atomic E-state index is 4.87. The van der Waals surface area contributed by atoms with Crippen molar-refractivity contribution < 1.29 is 9.05 Å². The van der Waals surface area contributed by atoms with Crippen molar-refractivity contribution in [1.29, 1.82) is 0 Å². The molecule has 0 radical (unpaired) electrons. The van der Waals surface area contributed by atoms with Crippen molar-refractivity contribution in [3.8, 4) is 0 Å². The van der Waals surface area contributed by atoms with Crippen molar-refractivity contribution in [2.45, 2.75) is 6.92 Å². The first kappa shape index (κ1) is 8.31. The molecule has 0 aromatic rings. The standard InChI is InChI=1S/C4H12NO2P/c1-4-5-8(6-2)7-3/h5H,4H2,1-3H3. The van der Waals surface area contributed by atoms with Crippen LogP contribution in [0.15, 0.2) is 0 Å². The molecule has 0 atom stereocenters. The van der Waals surface area contributed by atoms with Gasteiger partial charge in [0.1, 0.15) is 0 Å². The SMILES string of the molecule is CCNP(OC)OC. The number of rotatable bonds is 4. The van der Waals surface area contributed by atoms with Crippen LogP contribution in [-0.2, 0) is 9.05 Å². The second-order valence-corrected chi connectivity index (χ2v) is 2.69. The van der Waals surface area contributed by atoms with Crippen LogP contribution in [0.5, 0.6) is 0 Å². The molecule has 0 spiro atoms. The van der Waals surface area contributed by atoms with Crippen LogP contribution in [0.3, 0.4) is 0 Å². The summed E-state index contributed by atoms with van der Waals surface area (Å²) in [5.74, 6) is 0. The molecule has 0 bridgehead atoms. The molecule has 50 valence electrons. The number of nitrogens with one attached hydrogen (secondary N) is 1. The minimum absolute atomic E-state index is 0.806. The molecule has 0 aliphatic carbocycles. The van der Waals surface area contributed by atoms with E-state index in [1.165, 1.54) is 0 Å². The topological polar surface area (TPSA) is 30.5 Å². The molecule has 1 N–H and O–H groups in total. The van der Waals surface area contributed by atoms with E-state index < -0.39 is 8.53 Å². The molecule has 0 aliphatic heterocycles. The summed E-state index contributed by atoms with van der Waals surface area (Å²) in [6.07, 6.45) is 0. The lowest BCUT2D eigenvalue weighted by Gasteiger charge is -2.10. The zero-order valence-electron chi connectivity index (χ0n) is 5.47. The molecule has 3 nitrogen and oxygen atoms in total. The van der Waals surface area contributed by atoms with Crippen molar-refractivity contribution in [3.63, 3.8) is 0 Å². The Morgan fingerprint density at radius 3 is 2.00 bits per heavy atom. The van der Waals surface area contributed by atoms with Crippen molar-refractivity contribution >= 4 is 8.53 Å². The van der Waals surface area contributed by atoms with Gasteiger partial charge in [0.2, 0.25) is 0 Å². The van der Waals surface area contributed by atoms with Crippen LogP contribution in [0.25, 0.3) is 0 Å². The van der Waals surface area contributed by atoms with Gasteiger partial charge in [0.25, 0.3) is 8.53 Å². The molecule has 0 rings (SSSR count). The molecule has 4 heteroatoms. The number of hydrogen-bond acceptors (Lipinski definition) is 3. The lowest BCUT2D eigenvalue weighted by molar-refractivity contribution is 0.331. The Labute approximate surface area is 51.3 Å². The third-order valence-corrected chi connectivity index (χ3v) is 1.86. The van der Waals surface area contributed by atoms with Gasteiger partial charge in [-0.2, -0.15) is 0 Å². The van der Waals surface area contributed by atoms with Crippen molar-refractivity contribution in [1.82, 2.24) is 5.09 Å². The van der Waals surface area contributed by atoms with E-state index in [1.54, 1.807) is 14.2 Å². The van der Waals surface area contributed by atoms with Crippen molar-refractivity contribution in [3.05, 3.63) is 0 Å². The fourth-order valence-corrected chi connectivity index (χ4v) is 0.998. The van der Waals surface area contributed by atoms with E-state index in [9.17, 15) is 0 Å². The minimum Gasteiger partial charge on any atom is -0.325 e. The minimum atomic E-state index is -0.806. The molecule has 0 aromatic heterocycles. The summed E-state index contributed by atoms with van der Waals surface area (Å²) < 4.78 is 9.74.